The van der Waals surface area contributed by atoms with E-state index in [1.165, 1.54) is 20.2 Å². The highest BCUT2D eigenvalue weighted by Crippen LogP contribution is 2.21. The average molecular weight is 390 g/mol. The van der Waals surface area contributed by atoms with Crippen LogP contribution in [0, 0.1) is 6.92 Å². The molecule has 0 aliphatic rings. The van der Waals surface area contributed by atoms with E-state index in [1.807, 2.05) is 49.3 Å². The zero-order valence-electron chi connectivity index (χ0n) is 16.4. The highest BCUT2D eigenvalue weighted by Gasteiger charge is 2.22. The van der Waals surface area contributed by atoms with Crippen molar-refractivity contribution in [3.8, 4) is 0 Å². The van der Waals surface area contributed by atoms with E-state index in [-0.39, 0.29) is 16.8 Å². The van der Waals surface area contributed by atoms with Crippen LogP contribution in [0.1, 0.15) is 27.5 Å². The summed E-state index contributed by atoms with van der Waals surface area (Å²) in [5, 5.41) is 2.92. The van der Waals surface area contributed by atoms with Crippen LogP contribution in [0.5, 0.6) is 0 Å². The Morgan fingerprint density at radius 3 is 2.22 bits per heavy atom. The van der Waals surface area contributed by atoms with Crippen LogP contribution in [0.3, 0.4) is 0 Å². The van der Waals surface area contributed by atoms with Gasteiger partial charge >= 0.3 is 0 Å². The van der Waals surface area contributed by atoms with Gasteiger partial charge in [-0.3, -0.25) is 4.79 Å². The van der Waals surface area contributed by atoms with Crippen LogP contribution in [-0.2, 0) is 10.0 Å². The van der Waals surface area contributed by atoms with Gasteiger partial charge in [0.15, 0.2) is 0 Å². The van der Waals surface area contributed by atoms with Crippen molar-refractivity contribution >= 4 is 15.9 Å². The molecule has 2 rings (SSSR count). The summed E-state index contributed by atoms with van der Waals surface area (Å²) in [5.74, 6) is -0.298. The molecule has 1 N–H and O–H groups in total. The first-order chi connectivity index (χ1) is 12.6. The molecule has 0 fully saturated rings. The molecule has 0 bridgehead atoms. The molecule has 0 radical (unpaired) electrons. The van der Waals surface area contributed by atoms with Crippen molar-refractivity contribution in [1.82, 2.24) is 14.5 Å². The third-order valence-corrected chi connectivity index (χ3v) is 6.43. The summed E-state index contributed by atoms with van der Waals surface area (Å²) in [6, 6.07) is 14.7. The molecule has 146 valence electrons. The normalized spacial score (nSPS) is 13.0. The number of rotatable bonds is 7. The fourth-order valence-electron chi connectivity index (χ4n) is 2.78. The maximum Gasteiger partial charge on any atom is 0.251 e. The second kappa shape index (κ2) is 8.65. The minimum atomic E-state index is -3.61. The number of aryl methyl sites for hydroxylation is 1. The third-order valence-electron chi connectivity index (χ3n) is 4.47. The van der Waals surface area contributed by atoms with Crippen molar-refractivity contribution in [2.75, 3.05) is 34.7 Å². The van der Waals surface area contributed by atoms with Gasteiger partial charge in [-0.05, 0) is 44.3 Å². The first-order valence-electron chi connectivity index (χ1n) is 8.67. The van der Waals surface area contributed by atoms with Crippen molar-refractivity contribution in [3.05, 3.63) is 65.2 Å². The molecule has 0 aromatic heterocycles. The Morgan fingerprint density at radius 1 is 1.04 bits per heavy atom. The van der Waals surface area contributed by atoms with Crippen molar-refractivity contribution < 1.29 is 13.2 Å². The quantitative estimate of drug-likeness (QED) is 0.789. The molecular weight excluding hydrogens is 362 g/mol. The van der Waals surface area contributed by atoms with Gasteiger partial charge in [-0.25, -0.2) is 12.7 Å². The summed E-state index contributed by atoms with van der Waals surface area (Å²) in [5.41, 5.74) is 2.03. The number of hydrogen-bond donors (Lipinski definition) is 1. The smallest absolute Gasteiger partial charge is 0.251 e. The van der Waals surface area contributed by atoms with Gasteiger partial charge in [-0.15, -0.1) is 0 Å². The number of benzene rings is 2. The second-order valence-corrected chi connectivity index (χ2v) is 8.99. The lowest BCUT2D eigenvalue weighted by Gasteiger charge is -2.25. The molecule has 1 unspecified atom stereocenters. The zero-order chi connectivity index (χ0) is 20.2. The Bertz CT molecular complexity index is 894. The van der Waals surface area contributed by atoms with E-state index in [0.717, 1.165) is 9.87 Å². The van der Waals surface area contributed by atoms with Gasteiger partial charge in [0.05, 0.1) is 10.9 Å². The summed E-state index contributed by atoms with van der Waals surface area (Å²) >= 11 is 0. The Hall–Kier alpha value is -2.22. The molecule has 1 atom stereocenters. The van der Waals surface area contributed by atoms with Crippen LogP contribution in [0.2, 0.25) is 0 Å². The largest absolute Gasteiger partial charge is 0.350 e. The maximum absolute atomic E-state index is 12.6. The molecular formula is C20H27N3O3S. The number of sulfonamides is 1. The van der Waals surface area contributed by atoms with Crippen LogP contribution in [0.4, 0.5) is 0 Å². The van der Waals surface area contributed by atoms with E-state index in [0.29, 0.717) is 17.7 Å². The Kier molecular flexibility index (Phi) is 6.75. The van der Waals surface area contributed by atoms with Gasteiger partial charge in [-0.1, -0.05) is 36.4 Å². The Balaban J connectivity index is 2.21. The minimum absolute atomic E-state index is 0.0191. The number of nitrogens with one attached hydrogen (secondary N) is 1. The van der Waals surface area contributed by atoms with E-state index in [2.05, 4.69) is 5.32 Å². The molecule has 0 saturated heterocycles. The summed E-state index contributed by atoms with van der Waals surface area (Å²) in [7, 11) is 3.26. The Labute approximate surface area is 161 Å². The summed E-state index contributed by atoms with van der Waals surface area (Å²) in [6.45, 7) is 2.13. The fraction of sp³-hybridized carbons (Fsp3) is 0.350. The number of carbonyl (C=O) groups is 1. The molecule has 0 aliphatic heterocycles. The van der Waals surface area contributed by atoms with Crippen molar-refractivity contribution in [2.45, 2.75) is 17.9 Å². The van der Waals surface area contributed by atoms with Gasteiger partial charge in [0.25, 0.3) is 5.91 Å². The van der Waals surface area contributed by atoms with Crippen LogP contribution in [0.25, 0.3) is 0 Å². The molecule has 6 nitrogen and oxygen atoms in total. The van der Waals surface area contributed by atoms with E-state index < -0.39 is 10.0 Å². The molecule has 27 heavy (non-hydrogen) atoms. The lowest BCUT2D eigenvalue weighted by molar-refractivity contribution is 0.0941. The Morgan fingerprint density at radius 2 is 1.67 bits per heavy atom. The summed E-state index contributed by atoms with van der Waals surface area (Å²) in [4.78, 5) is 14.8. The molecule has 1 amide bonds. The van der Waals surface area contributed by atoms with Gasteiger partial charge in [0.1, 0.15) is 0 Å². The van der Waals surface area contributed by atoms with Crippen molar-refractivity contribution in [3.63, 3.8) is 0 Å². The third kappa shape index (κ3) is 4.94. The van der Waals surface area contributed by atoms with Crippen LogP contribution >= 0.6 is 0 Å². The summed E-state index contributed by atoms with van der Waals surface area (Å²) < 4.78 is 26.1. The lowest BCUT2D eigenvalue weighted by atomic mass is 10.1. The molecule has 0 heterocycles. The van der Waals surface area contributed by atoms with Crippen molar-refractivity contribution in [2.24, 2.45) is 0 Å². The van der Waals surface area contributed by atoms with Crippen LogP contribution in [-0.4, -0.2) is 58.3 Å². The SMILES string of the molecule is Cc1ccc(C(=O)NCC(c2ccccc2)N(C)C)cc1S(=O)(=O)N(C)C. The van der Waals surface area contributed by atoms with Crippen molar-refractivity contribution in [1.29, 1.82) is 0 Å². The molecule has 0 saturated carbocycles. The van der Waals surface area contributed by atoms with Gasteiger partial charge in [0, 0.05) is 26.2 Å². The highest BCUT2D eigenvalue weighted by atomic mass is 32.2. The number of nitrogens with zero attached hydrogens (tertiary/aromatic N) is 2. The first-order valence-corrected chi connectivity index (χ1v) is 10.1. The molecule has 0 aliphatic carbocycles. The molecule has 0 spiro atoms. The van der Waals surface area contributed by atoms with E-state index in [1.54, 1.807) is 19.1 Å². The average Bonchev–Trinajstić information content (AvgIpc) is 2.62. The standard InChI is InChI=1S/C20H27N3O3S/c1-15-11-12-17(13-19(15)27(25,26)23(4)5)20(24)21-14-18(22(2)3)16-9-7-6-8-10-16/h6-13,18H,14H2,1-5H3,(H,21,24). The second-order valence-electron chi connectivity index (χ2n) is 6.87. The highest BCUT2D eigenvalue weighted by molar-refractivity contribution is 7.89. The lowest BCUT2D eigenvalue weighted by Crippen LogP contribution is -2.34. The molecule has 2 aromatic carbocycles. The predicted octanol–water partition coefficient (Wildman–Crippen LogP) is 2.28. The van der Waals surface area contributed by atoms with Gasteiger partial charge < -0.3 is 10.2 Å². The topological polar surface area (TPSA) is 69.7 Å². The maximum atomic E-state index is 12.6. The zero-order valence-corrected chi connectivity index (χ0v) is 17.2. The van der Waals surface area contributed by atoms with Gasteiger partial charge in [0.2, 0.25) is 10.0 Å². The van der Waals surface area contributed by atoms with E-state index in [9.17, 15) is 13.2 Å². The number of likely N-dealkylation sites (N-methyl/N-ethyl adjacent to an activating group) is 1. The monoisotopic (exact) mass is 389 g/mol. The van der Waals surface area contributed by atoms with Crippen LogP contribution in [0.15, 0.2) is 53.4 Å². The van der Waals surface area contributed by atoms with E-state index >= 15 is 0 Å². The number of carbonyl (C=O) groups excluding carboxylic acids is 1. The number of hydrogen-bond acceptors (Lipinski definition) is 4. The molecule has 7 heteroatoms. The predicted molar refractivity (Wildman–Crippen MR) is 107 cm³/mol. The molecule has 2 aromatic rings. The minimum Gasteiger partial charge on any atom is -0.350 e. The van der Waals surface area contributed by atoms with Crippen LogP contribution < -0.4 is 5.32 Å². The summed E-state index contributed by atoms with van der Waals surface area (Å²) in [6.07, 6.45) is 0. The van der Waals surface area contributed by atoms with E-state index in [4.69, 9.17) is 0 Å². The number of amides is 1. The fourth-order valence-corrected chi connectivity index (χ4v) is 3.93. The first kappa shape index (κ1) is 21.1. The van der Waals surface area contributed by atoms with Gasteiger partial charge in [-0.2, -0.15) is 0 Å².